The molecule has 2 nitrogen and oxygen atoms in total. The quantitative estimate of drug-likeness (QED) is 0.835. The van der Waals surface area contributed by atoms with Gasteiger partial charge in [-0.15, -0.1) is 0 Å². The maximum absolute atomic E-state index is 6.25. The van der Waals surface area contributed by atoms with Gasteiger partial charge in [0.1, 0.15) is 0 Å². The lowest BCUT2D eigenvalue weighted by Gasteiger charge is -2.45. The highest BCUT2D eigenvalue weighted by Gasteiger charge is 2.44. The van der Waals surface area contributed by atoms with Gasteiger partial charge in [0.15, 0.2) is 0 Å². The zero-order chi connectivity index (χ0) is 13.1. The normalized spacial score (nSPS) is 32.4. The minimum atomic E-state index is 0.259. The third-order valence-corrected chi connectivity index (χ3v) is 6.19. The minimum absolute atomic E-state index is 0.259. The molecule has 2 unspecified atom stereocenters. The molecule has 2 atom stereocenters. The van der Waals surface area contributed by atoms with Crippen LogP contribution in [0, 0.1) is 11.8 Å². The average molecular weight is 283 g/mol. The first-order valence-corrected chi connectivity index (χ1v) is 9.43. The second-order valence-electron chi connectivity index (χ2n) is 6.71. The van der Waals surface area contributed by atoms with E-state index in [0.29, 0.717) is 0 Å². The summed E-state index contributed by atoms with van der Waals surface area (Å²) < 4.78 is 6.25. The summed E-state index contributed by atoms with van der Waals surface area (Å²) >= 11 is 2.11. The molecule has 3 rings (SSSR count). The molecule has 0 aromatic carbocycles. The number of nitrogens with one attached hydrogen (secondary N) is 1. The smallest absolute Gasteiger partial charge is 0.0701 e. The second kappa shape index (κ2) is 6.36. The zero-order valence-corrected chi connectivity index (χ0v) is 13.1. The van der Waals surface area contributed by atoms with Crippen LogP contribution < -0.4 is 5.32 Å². The molecule has 2 saturated heterocycles. The highest BCUT2D eigenvalue weighted by molar-refractivity contribution is 7.99. The molecule has 0 radical (unpaired) electrons. The summed E-state index contributed by atoms with van der Waals surface area (Å²) in [5.41, 5.74) is 0.259. The summed E-state index contributed by atoms with van der Waals surface area (Å²) in [6.45, 7) is 4.48. The Morgan fingerprint density at radius 1 is 1.21 bits per heavy atom. The molecule has 19 heavy (non-hydrogen) atoms. The van der Waals surface area contributed by atoms with Gasteiger partial charge < -0.3 is 10.1 Å². The molecule has 3 heteroatoms. The van der Waals surface area contributed by atoms with Crippen molar-refractivity contribution >= 4 is 11.8 Å². The van der Waals surface area contributed by atoms with Gasteiger partial charge in [-0.2, -0.15) is 11.8 Å². The van der Waals surface area contributed by atoms with Crippen LogP contribution in [0.15, 0.2) is 0 Å². The van der Waals surface area contributed by atoms with Gasteiger partial charge in [-0.1, -0.05) is 6.92 Å². The monoisotopic (exact) mass is 283 g/mol. The lowest BCUT2D eigenvalue weighted by atomic mass is 9.77. The third kappa shape index (κ3) is 3.48. The molecule has 1 aliphatic carbocycles. The van der Waals surface area contributed by atoms with Crippen molar-refractivity contribution in [3.63, 3.8) is 0 Å². The Morgan fingerprint density at radius 3 is 2.68 bits per heavy atom. The molecule has 3 fully saturated rings. The molecule has 0 aromatic rings. The fraction of sp³-hybridized carbons (Fsp3) is 1.00. The van der Waals surface area contributed by atoms with Crippen molar-refractivity contribution in [2.24, 2.45) is 11.8 Å². The van der Waals surface area contributed by atoms with Gasteiger partial charge in [-0.25, -0.2) is 0 Å². The van der Waals surface area contributed by atoms with E-state index in [0.717, 1.165) is 24.5 Å². The van der Waals surface area contributed by atoms with Crippen molar-refractivity contribution < 1.29 is 4.74 Å². The van der Waals surface area contributed by atoms with Gasteiger partial charge in [-0.3, -0.25) is 0 Å². The van der Waals surface area contributed by atoms with Gasteiger partial charge in [0, 0.05) is 12.6 Å². The number of thioether (sulfide) groups is 1. The Kier molecular flexibility index (Phi) is 4.76. The molecule has 2 aliphatic heterocycles. The van der Waals surface area contributed by atoms with Crippen LogP contribution in [0.3, 0.4) is 0 Å². The van der Waals surface area contributed by atoms with E-state index in [1.807, 2.05) is 0 Å². The molecule has 0 amide bonds. The van der Waals surface area contributed by atoms with E-state index >= 15 is 0 Å². The van der Waals surface area contributed by atoms with Crippen LogP contribution in [0.4, 0.5) is 0 Å². The summed E-state index contributed by atoms with van der Waals surface area (Å²) in [6.07, 6.45) is 9.37. The number of hydrogen-bond donors (Lipinski definition) is 1. The van der Waals surface area contributed by atoms with Crippen molar-refractivity contribution in [1.29, 1.82) is 0 Å². The minimum Gasteiger partial charge on any atom is -0.375 e. The molecule has 2 heterocycles. The molecule has 3 aliphatic rings. The number of rotatable bonds is 5. The second-order valence-corrected chi connectivity index (χ2v) is 7.94. The molecular weight excluding hydrogens is 254 g/mol. The van der Waals surface area contributed by atoms with E-state index in [9.17, 15) is 0 Å². The van der Waals surface area contributed by atoms with Gasteiger partial charge in [0.2, 0.25) is 0 Å². The SMILES string of the molecule is CCCNC(C1CC1)C1CCOC2(CCSCC2)C1. The van der Waals surface area contributed by atoms with Crippen molar-refractivity contribution in [2.45, 2.75) is 63.5 Å². The van der Waals surface area contributed by atoms with Gasteiger partial charge in [0.25, 0.3) is 0 Å². The van der Waals surface area contributed by atoms with Crippen LogP contribution in [-0.2, 0) is 4.74 Å². The predicted octanol–water partition coefficient (Wildman–Crippen LogP) is 3.46. The standard InChI is InChI=1S/C16H29NOS/c1-2-8-17-15(13-3-4-13)14-5-9-18-16(12-14)6-10-19-11-7-16/h13-15,17H,2-12H2,1H3. The highest BCUT2D eigenvalue weighted by Crippen LogP contribution is 2.45. The van der Waals surface area contributed by atoms with Crippen LogP contribution in [0.2, 0.25) is 0 Å². The molecule has 1 saturated carbocycles. The topological polar surface area (TPSA) is 21.3 Å². The van der Waals surface area contributed by atoms with Crippen molar-refractivity contribution in [2.75, 3.05) is 24.7 Å². The molecule has 0 bridgehead atoms. The van der Waals surface area contributed by atoms with E-state index in [-0.39, 0.29) is 5.60 Å². The first kappa shape index (κ1) is 14.2. The maximum atomic E-state index is 6.25. The Balaban J connectivity index is 1.62. The summed E-state index contributed by atoms with van der Waals surface area (Å²) in [4.78, 5) is 0. The fourth-order valence-electron chi connectivity index (χ4n) is 3.95. The summed E-state index contributed by atoms with van der Waals surface area (Å²) in [5.74, 6) is 4.47. The van der Waals surface area contributed by atoms with Crippen molar-refractivity contribution in [3.05, 3.63) is 0 Å². The van der Waals surface area contributed by atoms with Gasteiger partial charge >= 0.3 is 0 Å². The third-order valence-electron chi connectivity index (χ3n) is 5.20. The zero-order valence-electron chi connectivity index (χ0n) is 12.3. The van der Waals surface area contributed by atoms with Gasteiger partial charge in [-0.05, 0) is 74.8 Å². The Bertz CT molecular complexity index is 281. The van der Waals surface area contributed by atoms with Crippen LogP contribution >= 0.6 is 11.8 Å². The molecule has 1 N–H and O–H groups in total. The van der Waals surface area contributed by atoms with E-state index < -0.39 is 0 Å². The van der Waals surface area contributed by atoms with E-state index in [1.54, 1.807) is 0 Å². The Morgan fingerprint density at radius 2 is 2.00 bits per heavy atom. The molecule has 110 valence electrons. The van der Waals surface area contributed by atoms with E-state index in [4.69, 9.17) is 4.74 Å². The largest absolute Gasteiger partial charge is 0.375 e. The van der Waals surface area contributed by atoms with Crippen molar-refractivity contribution in [3.8, 4) is 0 Å². The lowest BCUT2D eigenvalue weighted by molar-refractivity contribution is -0.108. The fourth-order valence-corrected chi connectivity index (χ4v) is 5.19. The van der Waals surface area contributed by atoms with Crippen molar-refractivity contribution in [1.82, 2.24) is 5.32 Å². The van der Waals surface area contributed by atoms with E-state index in [1.165, 1.54) is 63.0 Å². The van der Waals surface area contributed by atoms with E-state index in [2.05, 4.69) is 24.0 Å². The van der Waals surface area contributed by atoms with Crippen LogP contribution in [0.1, 0.15) is 51.9 Å². The lowest BCUT2D eigenvalue weighted by Crippen LogP contribution is -2.49. The van der Waals surface area contributed by atoms with Crippen LogP contribution in [-0.4, -0.2) is 36.3 Å². The van der Waals surface area contributed by atoms with Crippen LogP contribution in [0.5, 0.6) is 0 Å². The first-order chi connectivity index (χ1) is 9.33. The first-order valence-electron chi connectivity index (χ1n) is 8.28. The van der Waals surface area contributed by atoms with Gasteiger partial charge in [0.05, 0.1) is 5.60 Å². The summed E-state index contributed by atoms with van der Waals surface area (Å²) in [6, 6.07) is 0.787. The Labute approximate surface area is 122 Å². The Hall–Kier alpha value is 0.270. The number of hydrogen-bond acceptors (Lipinski definition) is 3. The molecule has 1 spiro atoms. The highest BCUT2D eigenvalue weighted by atomic mass is 32.2. The maximum Gasteiger partial charge on any atom is 0.0701 e. The van der Waals surface area contributed by atoms with Crippen LogP contribution in [0.25, 0.3) is 0 Å². The molecule has 0 aromatic heterocycles. The molecular formula is C16H29NOS. The predicted molar refractivity (Wildman–Crippen MR) is 82.8 cm³/mol. The number of ether oxygens (including phenoxy) is 1. The summed E-state index contributed by atoms with van der Waals surface area (Å²) in [7, 11) is 0. The summed E-state index contributed by atoms with van der Waals surface area (Å²) in [5, 5.41) is 3.86. The average Bonchev–Trinajstić information content (AvgIpc) is 3.25.